The van der Waals surface area contributed by atoms with Gasteiger partial charge >= 0.3 is 5.69 Å². The Morgan fingerprint density at radius 3 is 2.33 bits per heavy atom. The first-order chi connectivity index (χ1) is 14.4. The van der Waals surface area contributed by atoms with E-state index in [0.29, 0.717) is 6.61 Å². The zero-order valence-electron chi connectivity index (χ0n) is 17.5. The molecule has 9 nitrogen and oxygen atoms in total. The highest BCUT2D eigenvalue weighted by Gasteiger charge is 2.25. The van der Waals surface area contributed by atoms with Gasteiger partial charge in [0.2, 0.25) is 0 Å². The zero-order valence-corrected chi connectivity index (χ0v) is 17.5. The monoisotopic (exact) mass is 415 g/mol. The molecule has 0 aliphatic carbocycles. The third-order valence-electron chi connectivity index (χ3n) is 5.49. The number of anilines is 1. The van der Waals surface area contributed by atoms with Crippen molar-refractivity contribution in [2.24, 2.45) is 7.05 Å². The maximum atomic E-state index is 13.0. The van der Waals surface area contributed by atoms with Gasteiger partial charge in [0, 0.05) is 46.9 Å². The number of hydrogen-bond acceptors (Lipinski definition) is 7. The summed E-state index contributed by atoms with van der Waals surface area (Å²) >= 11 is 0. The predicted molar refractivity (Wildman–Crippen MR) is 115 cm³/mol. The molecule has 0 saturated carbocycles. The van der Waals surface area contributed by atoms with Crippen LogP contribution < -0.4 is 17.0 Å². The number of nitrogens with two attached hydrogens (primary N) is 1. The Hall–Kier alpha value is -2.75. The molecular weight excluding hydrogens is 386 g/mol. The van der Waals surface area contributed by atoms with Gasteiger partial charge in [0.25, 0.3) is 5.56 Å². The average molecular weight is 415 g/mol. The van der Waals surface area contributed by atoms with Crippen LogP contribution in [0.4, 0.5) is 5.82 Å². The summed E-state index contributed by atoms with van der Waals surface area (Å²) in [6.45, 7) is 4.93. The Bertz CT molecular complexity index is 991. The fraction of sp³-hybridized carbons (Fsp3) is 0.476. The fourth-order valence-corrected chi connectivity index (χ4v) is 3.64. The molecule has 0 radical (unpaired) electrons. The van der Waals surface area contributed by atoms with E-state index in [-0.39, 0.29) is 30.3 Å². The molecule has 3 rings (SSSR count). The normalized spacial score (nSPS) is 15.4. The Kier molecular flexibility index (Phi) is 7.20. The minimum Gasteiger partial charge on any atom is -0.384 e. The van der Waals surface area contributed by atoms with Crippen LogP contribution in [0.3, 0.4) is 0 Å². The van der Waals surface area contributed by atoms with Crippen molar-refractivity contribution in [2.45, 2.75) is 6.54 Å². The van der Waals surface area contributed by atoms with E-state index in [1.54, 1.807) is 7.11 Å². The predicted octanol–water partition coefficient (Wildman–Crippen LogP) is -0.376. The fourth-order valence-electron chi connectivity index (χ4n) is 3.64. The maximum Gasteiger partial charge on any atom is 0.332 e. The van der Waals surface area contributed by atoms with Crippen LogP contribution in [-0.2, 0) is 18.3 Å². The molecule has 1 aromatic heterocycles. The maximum absolute atomic E-state index is 13.0. The van der Waals surface area contributed by atoms with Crippen LogP contribution in [0, 0.1) is 0 Å². The molecule has 1 saturated heterocycles. The summed E-state index contributed by atoms with van der Waals surface area (Å²) in [7, 11) is 3.05. The zero-order chi connectivity index (χ0) is 21.7. The molecule has 1 fully saturated rings. The van der Waals surface area contributed by atoms with E-state index >= 15 is 0 Å². The van der Waals surface area contributed by atoms with E-state index in [0.717, 1.165) is 42.9 Å². The number of carbonyl (C=O) groups is 1. The third-order valence-corrected chi connectivity index (χ3v) is 5.49. The van der Waals surface area contributed by atoms with Crippen molar-refractivity contribution < 1.29 is 9.53 Å². The number of ether oxygens (including phenoxy) is 1. The second kappa shape index (κ2) is 9.84. The van der Waals surface area contributed by atoms with Crippen molar-refractivity contribution in [2.75, 3.05) is 58.7 Å². The van der Waals surface area contributed by atoms with Gasteiger partial charge in [-0.05, 0) is 5.56 Å². The Balaban J connectivity index is 1.79. The molecule has 162 valence electrons. The highest BCUT2D eigenvalue weighted by atomic mass is 16.5. The second-order valence-electron chi connectivity index (χ2n) is 7.51. The van der Waals surface area contributed by atoms with Crippen molar-refractivity contribution in [3.8, 4) is 0 Å². The van der Waals surface area contributed by atoms with Crippen molar-refractivity contribution in [3.63, 3.8) is 0 Å². The lowest BCUT2D eigenvalue weighted by molar-refractivity contribution is 0.0786. The molecule has 30 heavy (non-hydrogen) atoms. The highest BCUT2D eigenvalue weighted by Crippen LogP contribution is 2.11. The minimum atomic E-state index is -0.648. The number of ketones is 1. The van der Waals surface area contributed by atoms with E-state index in [9.17, 15) is 14.4 Å². The summed E-state index contributed by atoms with van der Waals surface area (Å²) in [5, 5.41) is 0. The average Bonchev–Trinajstić information content (AvgIpc) is 2.75. The van der Waals surface area contributed by atoms with Crippen LogP contribution in [0.5, 0.6) is 0 Å². The first-order valence-corrected chi connectivity index (χ1v) is 10.0. The minimum absolute atomic E-state index is 0.0734. The van der Waals surface area contributed by atoms with Crippen molar-refractivity contribution in [3.05, 3.63) is 62.3 Å². The molecule has 1 aliphatic heterocycles. The van der Waals surface area contributed by atoms with Crippen LogP contribution in [0.25, 0.3) is 0 Å². The number of nitrogen functional groups attached to an aromatic ring is 1. The molecule has 0 amide bonds. The standard InChI is InChI=1S/C21H29N5O4/c1-23-20(28)18(17(27)15-25-10-8-24(9-11-25)12-13-30-2)19(22)26(21(23)29)14-16-6-4-3-5-7-16/h3-7H,8-15,22H2,1-2H3. The SMILES string of the molecule is COCCN1CCN(CC(=O)c2c(N)n(Cc3ccccc3)c(=O)n(C)c2=O)CC1. The van der Waals surface area contributed by atoms with Crippen LogP contribution in [0.2, 0.25) is 0 Å². The number of aromatic nitrogens is 2. The summed E-state index contributed by atoms with van der Waals surface area (Å²) in [5.74, 6) is -0.434. The van der Waals surface area contributed by atoms with E-state index < -0.39 is 11.2 Å². The van der Waals surface area contributed by atoms with Crippen LogP contribution >= 0.6 is 0 Å². The molecule has 0 atom stereocenters. The molecule has 1 aromatic carbocycles. The van der Waals surface area contributed by atoms with Gasteiger partial charge in [-0.3, -0.25) is 28.5 Å². The molecule has 1 aliphatic rings. The van der Waals surface area contributed by atoms with Gasteiger partial charge < -0.3 is 10.5 Å². The molecular formula is C21H29N5O4. The topological polar surface area (TPSA) is 103 Å². The molecule has 9 heteroatoms. The lowest BCUT2D eigenvalue weighted by atomic mass is 10.1. The van der Waals surface area contributed by atoms with Crippen molar-refractivity contribution in [1.82, 2.24) is 18.9 Å². The number of carbonyl (C=O) groups excluding carboxylic acids is 1. The van der Waals surface area contributed by atoms with E-state index in [1.165, 1.54) is 11.6 Å². The quantitative estimate of drug-likeness (QED) is 0.587. The smallest absolute Gasteiger partial charge is 0.332 e. The van der Waals surface area contributed by atoms with Gasteiger partial charge in [-0.1, -0.05) is 30.3 Å². The summed E-state index contributed by atoms with van der Waals surface area (Å²) in [5.41, 5.74) is 5.73. The summed E-state index contributed by atoms with van der Waals surface area (Å²) < 4.78 is 7.34. The van der Waals surface area contributed by atoms with Crippen LogP contribution in [0.15, 0.2) is 39.9 Å². The van der Waals surface area contributed by atoms with Crippen LogP contribution in [0.1, 0.15) is 15.9 Å². The van der Waals surface area contributed by atoms with Crippen LogP contribution in [-0.4, -0.2) is 77.7 Å². The second-order valence-corrected chi connectivity index (χ2v) is 7.51. The van der Waals surface area contributed by atoms with Crippen molar-refractivity contribution >= 4 is 11.6 Å². The van der Waals surface area contributed by atoms with Gasteiger partial charge in [-0.15, -0.1) is 0 Å². The lowest BCUT2D eigenvalue weighted by Crippen LogP contribution is -2.49. The van der Waals surface area contributed by atoms with Gasteiger partial charge in [-0.25, -0.2) is 4.79 Å². The van der Waals surface area contributed by atoms with Gasteiger partial charge in [-0.2, -0.15) is 0 Å². The first-order valence-electron chi connectivity index (χ1n) is 10.0. The molecule has 2 N–H and O–H groups in total. The number of Topliss-reactive ketones (excluding diaryl/α,β-unsaturated/α-hetero) is 1. The van der Waals surface area contributed by atoms with E-state index in [2.05, 4.69) is 4.90 Å². The summed E-state index contributed by atoms with van der Waals surface area (Å²) in [6, 6.07) is 9.32. The summed E-state index contributed by atoms with van der Waals surface area (Å²) in [4.78, 5) is 42.6. The lowest BCUT2D eigenvalue weighted by Gasteiger charge is -2.34. The Morgan fingerprint density at radius 1 is 1.07 bits per heavy atom. The first kappa shape index (κ1) is 21.9. The largest absolute Gasteiger partial charge is 0.384 e. The molecule has 0 spiro atoms. The van der Waals surface area contributed by atoms with E-state index in [1.807, 2.05) is 35.2 Å². The molecule has 0 unspecified atom stereocenters. The van der Waals surface area contributed by atoms with Gasteiger partial charge in [0.15, 0.2) is 5.78 Å². The number of nitrogens with zero attached hydrogens (tertiary/aromatic N) is 4. The van der Waals surface area contributed by atoms with E-state index in [4.69, 9.17) is 10.5 Å². The number of hydrogen-bond donors (Lipinski definition) is 1. The Morgan fingerprint density at radius 2 is 1.70 bits per heavy atom. The molecule has 2 heterocycles. The summed E-state index contributed by atoms with van der Waals surface area (Å²) in [6.07, 6.45) is 0. The number of methoxy groups -OCH3 is 1. The molecule has 2 aromatic rings. The Labute approximate surface area is 175 Å². The molecule has 0 bridgehead atoms. The van der Waals surface area contributed by atoms with Gasteiger partial charge in [0.05, 0.1) is 19.7 Å². The number of benzene rings is 1. The van der Waals surface area contributed by atoms with Crippen molar-refractivity contribution in [1.29, 1.82) is 0 Å². The van der Waals surface area contributed by atoms with Gasteiger partial charge in [0.1, 0.15) is 11.4 Å². The number of piperazine rings is 1. The highest BCUT2D eigenvalue weighted by molar-refractivity contribution is 6.01. The number of rotatable bonds is 8. The third kappa shape index (κ3) is 4.86.